The summed E-state index contributed by atoms with van der Waals surface area (Å²) in [6.45, 7) is 0.0645. The second-order valence-electron chi connectivity index (χ2n) is 3.78. The van der Waals surface area contributed by atoms with E-state index in [9.17, 15) is 13.2 Å². The zero-order chi connectivity index (χ0) is 13.6. The van der Waals surface area contributed by atoms with Crippen molar-refractivity contribution in [2.24, 2.45) is 0 Å². The lowest BCUT2D eigenvalue weighted by Gasteiger charge is -2.07. The summed E-state index contributed by atoms with van der Waals surface area (Å²) in [5.74, 6) is -2.37. The molecule has 0 radical (unpaired) electrons. The summed E-state index contributed by atoms with van der Waals surface area (Å²) in [5, 5.41) is 17.2. The molecule has 1 rings (SSSR count). The molecule has 0 unspecified atom stereocenters. The Balaban J connectivity index is 2.75. The number of carbonyl (C=O) groups is 1. The highest BCUT2D eigenvalue weighted by molar-refractivity contribution is 7.93. The van der Waals surface area contributed by atoms with Crippen LogP contribution in [0.25, 0.3) is 0 Å². The smallest absolute Gasteiger partial charge is 0.320 e. The molecule has 0 aliphatic rings. The molecule has 3 N–H and O–H groups in total. The van der Waals surface area contributed by atoms with Crippen LogP contribution in [0, 0.1) is 0 Å². The van der Waals surface area contributed by atoms with Gasteiger partial charge in [-0.15, -0.1) is 0 Å². The molecule has 7 heteroatoms. The van der Waals surface area contributed by atoms with E-state index in [2.05, 4.69) is 4.72 Å². The van der Waals surface area contributed by atoms with E-state index < -0.39 is 21.7 Å². The lowest BCUT2D eigenvalue weighted by molar-refractivity contribution is -0.134. The molecule has 0 saturated carbocycles. The summed E-state index contributed by atoms with van der Waals surface area (Å²) in [7, 11) is -3.87. The lowest BCUT2D eigenvalue weighted by atomic mass is 10.1. The van der Waals surface area contributed by atoms with E-state index in [0.29, 0.717) is 18.5 Å². The summed E-state index contributed by atoms with van der Waals surface area (Å²) in [6.07, 6.45) is 1.22. The maximum atomic E-state index is 11.4. The number of sulfonamides is 1. The predicted molar refractivity (Wildman–Crippen MR) is 66.9 cm³/mol. The van der Waals surface area contributed by atoms with Gasteiger partial charge in [0.1, 0.15) is 0 Å². The maximum Gasteiger partial charge on any atom is 0.320 e. The Morgan fingerprint density at radius 3 is 2.67 bits per heavy atom. The van der Waals surface area contributed by atoms with Crippen LogP contribution in [0.5, 0.6) is 0 Å². The largest absolute Gasteiger partial charge is 0.480 e. The Morgan fingerprint density at radius 1 is 1.33 bits per heavy atom. The minimum Gasteiger partial charge on any atom is -0.480 e. The fourth-order valence-corrected chi connectivity index (χ4v) is 2.34. The number of nitrogens with one attached hydrogen (secondary N) is 1. The van der Waals surface area contributed by atoms with Gasteiger partial charge in [-0.1, -0.05) is 12.1 Å². The third kappa shape index (κ3) is 5.15. The molecule has 0 heterocycles. The molecule has 0 saturated heterocycles. The van der Waals surface area contributed by atoms with Crippen molar-refractivity contribution in [1.29, 1.82) is 0 Å². The lowest BCUT2D eigenvalue weighted by Crippen LogP contribution is -2.22. The zero-order valence-corrected chi connectivity index (χ0v) is 10.5. The van der Waals surface area contributed by atoms with Crippen molar-refractivity contribution in [2.75, 3.05) is 17.1 Å². The highest BCUT2D eigenvalue weighted by Gasteiger charge is 2.15. The molecule has 18 heavy (non-hydrogen) atoms. The van der Waals surface area contributed by atoms with Crippen LogP contribution in [0.2, 0.25) is 0 Å². The first-order valence-electron chi connectivity index (χ1n) is 5.35. The number of hydrogen-bond donors (Lipinski definition) is 3. The molecule has 0 amide bonds. The molecule has 0 bridgehead atoms. The number of rotatable bonds is 7. The third-order valence-electron chi connectivity index (χ3n) is 2.14. The second kappa shape index (κ2) is 6.36. The number of aliphatic hydroxyl groups is 1. The zero-order valence-electron chi connectivity index (χ0n) is 9.67. The average Bonchev–Trinajstić information content (AvgIpc) is 2.24. The molecule has 1 aromatic rings. The normalized spacial score (nSPS) is 11.2. The number of aliphatic carboxylic acids is 1. The van der Waals surface area contributed by atoms with Crippen LogP contribution >= 0.6 is 0 Å². The highest BCUT2D eigenvalue weighted by Crippen LogP contribution is 2.13. The molecular weight excluding hydrogens is 258 g/mol. The van der Waals surface area contributed by atoms with Crippen LogP contribution in [0.15, 0.2) is 24.3 Å². The summed E-state index contributed by atoms with van der Waals surface area (Å²) in [6, 6.07) is 6.65. The number of carboxylic acids is 1. The highest BCUT2D eigenvalue weighted by atomic mass is 32.2. The minimum absolute atomic E-state index is 0.0645. The van der Waals surface area contributed by atoms with E-state index in [4.69, 9.17) is 10.2 Å². The molecule has 6 nitrogen and oxygen atoms in total. The van der Waals surface area contributed by atoms with Crippen LogP contribution in [-0.4, -0.2) is 37.0 Å². The van der Waals surface area contributed by atoms with Gasteiger partial charge in [0.2, 0.25) is 10.0 Å². The predicted octanol–water partition coefficient (Wildman–Crippen LogP) is 0.438. The topological polar surface area (TPSA) is 104 Å². The van der Waals surface area contributed by atoms with Gasteiger partial charge in [-0.05, 0) is 30.5 Å². The van der Waals surface area contributed by atoms with Gasteiger partial charge >= 0.3 is 5.97 Å². The summed E-state index contributed by atoms with van der Waals surface area (Å²) >= 11 is 0. The van der Waals surface area contributed by atoms with Crippen molar-refractivity contribution < 1.29 is 23.4 Å². The van der Waals surface area contributed by atoms with Gasteiger partial charge in [-0.25, -0.2) is 8.42 Å². The Bertz CT molecular complexity index is 512. The van der Waals surface area contributed by atoms with Crippen molar-refractivity contribution in [2.45, 2.75) is 12.8 Å². The molecule has 0 aliphatic heterocycles. The first-order chi connectivity index (χ1) is 8.43. The number of carboxylic acid groups (broad SMARTS) is 1. The third-order valence-corrected chi connectivity index (χ3v) is 3.31. The van der Waals surface area contributed by atoms with E-state index >= 15 is 0 Å². The van der Waals surface area contributed by atoms with Crippen molar-refractivity contribution in [1.82, 2.24) is 0 Å². The van der Waals surface area contributed by atoms with Crippen LogP contribution in [0.4, 0.5) is 5.69 Å². The fraction of sp³-hybridized carbons (Fsp3) is 0.364. The van der Waals surface area contributed by atoms with E-state index in [0.717, 1.165) is 5.56 Å². The molecule has 1 aromatic carbocycles. The van der Waals surface area contributed by atoms with Gasteiger partial charge in [0.15, 0.2) is 5.75 Å². The van der Waals surface area contributed by atoms with Gasteiger partial charge < -0.3 is 10.2 Å². The molecule has 0 atom stereocenters. The Morgan fingerprint density at radius 2 is 2.06 bits per heavy atom. The average molecular weight is 273 g/mol. The van der Waals surface area contributed by atoms with E-state index in [1.165, 1.54) is 0 Å². The number of benzene rings is 1. The van der Waals surface area contributed by atoms with Crippen LogP contribution in [0.1, 0.15) is 12.0 Å². The van der Waals surface area contributed by atoms with Crippen LogP contribution in [-0.2, 0) is 21.2 Å². The van der Waals surface area contributed by atoms with Crippen molar-refractivity contribution >= 4 is 21.7 Å². The van der Waals surface area contributed by atoms with E-state index in [-0.39, 0.29) is 6.61 Å². The first-order valence-corrected chi connectivity index (χ1v) is 7.00. The van der Waals surface area contributed by atoms with E-state index in [1.807, 2.05) is 6.07 Å². The molecule has 0 aromatic heterocycles. The molecule has 0 spiro atoms. The quantitative estimate of drug-likeness (QED) is 0.668. The second-order valence-corrected chi connectivity index (χ2v) is 5.50. The monoisotopic (exact) mass is 273 g/mol. The Kier molecular flexibility index (Phi) is 5.11. The standard InChI is InChI=1S/C11H15NO5S/c13-6-2-4-9-3-1-5-10(7-9)12-18(16,17)8-11(14)15/h1,3,5,7,12-13H,2,4,6,8H2,(H,14,15). The first kappa shape index (κ1) is 14.5. The molecule has 100 valence electrons. The SMILES string of the molecule is O=C(O)CS(=O)(=O)Nc1cccc(CCCO)c1. The van der Waals surface area contributed by atoms with Crippen molar-refractivity contribution in [3.8, 4) is 0 Å². The van der Waals surface area contributed by atoms with Gasteiger partial charge in [0.05, 0.1) is 0 Å². The maximum absolute atomic E-state index is 11.4. The van der Waals surface area contributed by atoms with Crippen molar-refractivity contribution in [3.63, 3.8) is 0 Å². The number of hydrogen-bond acceptors (Lipinski definition) is 4. The van der Waals surface area contributed by atoms with Gasteiger partial charge in [-0.3, -0.25) is 9.52 Å². The number of aliphatic hydroxyl groups excluding tert-OH is 1. The van der Waals surface area contributed by atoms with Crippen LogP contribution < -0.4 is 4.72 Å². The van der Waals surface area contributed by atoms with Gasteiger partial charge in [0, 0.05) is 12.3 Å². The molecular formula is C11H15NO5S. The minimum atomic E-state index is -3.87. The summed E-state index contributed by atoms with van der Waals surface area (Å²) in [4.78, 5) is 10.4. The Hall–Kier alpha value is -1.60. The molecule has 0 fully saturated rings. The Labute approximate surface area is 105 Å². The van der Waals surface area contributed by atoms with Crippen molar-refractivity contribution in [3.05, 3.63) is 29.8 Å². The van der Waals surface area contributed by atoms with E-state index in [1.54, 1.807) is 18.2 Å². The summed E-state index contributed by atoms with van der Waals surface area (Å²) < 4.78 is 25.0. The van der Waals surface area contributed by atoms with Crippen LogP contribution in [0.3, 0.4) is 0 Å². The molecule has 0 aliphatic carbocycles. The van der Waals surface area contributed by atoms with Gasteiger partial charge in [-0.2, -0.15) is 0 Å². The van der Waals surface area contributed by atoms with Gasteiger partial charge in [0.25, 0.3) is 0 Å². The summed E-state index contributed by atoms with van der Waals surface area (Å²) in [5.41, 5.74) is 1.20. The fourth-order valence-electron chi connectivity index (χ4n) is 1.45. The number of anilines is 1. The number of aryl methyl sites for hydroxylation is 1.